The Kier molecular flexibility index (Phi) is 8.39. The zero-order chi connectivity index (χ0) is 29.0. The number of hydrogen-bond acceptors (Lipinski definition) is 5. The molecule has 206 valence electrons. The van der Waals surface area contributed by atoms with Crippen LogP contribution in [0.15, 0.2) is 66.7 Å². The Morgan fingerprint density at radius 2 is 1.62 bits per heavy atom. The Hall–Kier alpha value is -4.44. The fourth-order valence-corrected chi connectivity index (χ4v) is 5.38. The van der Waals surface area contributed by atoms with Gasteiger partial charge in [-0.1, -0.05) is 64.1 Å². The molecule has 0 spiro atoms. The molecule has 1 aliphatic heterocycles. The summed E-state index contributed by atoms with van der Waals surface area (Å²) in [7, 11) is 1.34. The molecule has 0 aliphatic carbocycles. The Balaban J connectivity index is 1.47. The predicted molar refractivity (Wildman–Crippen MR) is 155 cm³/mol. The largest absolute Gasteiger partial charge is 0.467 e. The lowest BCUT2D eigenvalue weighted by molar-refractivity contribution is -0.147. The van der Waals surface area contributed by atoms with Crippen LogP contribution in [-0.2, 0) is 21.5 Å². The van der Waals surface area contributed by atoms with Gasteiger partial charge in [0.05, 0.1) is 18.6 Å². The van der Waals surface area contributed by atoms with E-state index in [1.165, 1.54) is 7.11 Å². The van der Waals surface area contributed by atoms with E-state index in [4.69, 9.17) is 4.74 Å². The normalized spacial score (nSPS) is 13.5. The van der Waals surface area contributed by atoms with Gasteiger partial charge >= 0.3 is 5.97 Å². The zero-order valence-electron chi connectivity index (χ0n) is 23.7. The lowest BCUT2D eigenvalue weighted by Crippen LogP contribution is -2.45. The SMILES string of the molecule is CCC(C#N)(CC)c1ccc(C(=O)Nc2ccc(-c3ccc4c(c3)C(=O)N([C@H](C(=O)OC)C(C)C)C4)cc2)cc1. The molecule has 0 radical (unpaired) electrons. The van der Waals surface area contributed by atoms with Crippen LogP contribution in [0.25, 0.3) is 11.1 Å². The number of rotatable bonds is 9. The minimum absolute atomic E-state index is 0.0790. The number of fused-ring (bicyclic) bond motifs is 1. The lowest BCUT2D eigenvalue weighted by Gasteiger charge is -2.28. The van der Waals surface area contributed by atoms with Crippen LogP contribution in [0.3, 0.4) is 0 Å². The van der Waals surface area contributed by atoms with Gasteiger partial charge in [-0.25, -0.2) is 4.79 Å². The van der Waals surface area contributed by atoms with Crippen LogP contribution in [0.5, 0.6) is 0 Å². The Bertz CT molecular complexity index is 1450. The molecule has 3 aromatic rings. The van der Waals surface area contributed by atoms with E-state index in [0.29, 0.717) is 36.2 Å². The third kappa shape index (κ3) is 5.35. The number of ether oxygens (including phenoxy) is 1. The van der Waals surface area contributed by atoms with Gasteiger partial charge in [0.15, 0.2) is 0 Å². The number of esters is 1. The lowest BCUT2D eigenvalue weighted by atomic mass is 9.77. The van der Waals surface area contributed by atoms with E-state index in [9.17, 15) is 19.6 Å². The molecule has 0 bridgehead atoms. The third-order valence-electron chi connectivity index (χ3n) is 7.95. The second kappa shape index (κ2) is 11.7. The molecular formula is C33H35N3O4. The summed E-state index contributed by atoms with van der Waals surface area (Å²) in [5.74, 6) is -0.907. The van der Waals surface area contributed by atoms with Gasteiger partial charge in [-0.05, 0) is 71.3 Å². The molecule has 0 unspecified atom stereocenters. The summed E-state index contributed by atoms with van der Waals surface area (Å²) in [4.78, 5) is 40.0. The molecule has 1 N–H and O–H groups in total. The van der Waals surface area contributed by atoms with Crippen molar-refractivity contribution in [1.82, 2.24) is 4.90 Å². The number of methoxy groups -OCH3 is 1. The number of nitrogens with one attached hydrogen (secondary N) is 1. The second-order valence-electron chi connectivity index (χ2n) is 10.5. The molecule has 2 amide bonds. The maximum absolute atomic E-state index is 13.2. The maximum atomic E-state index is 13.2. The van der Waals surface area contributed by atoms with Crippen molar-refractivity contribution in [3.63, 3.8) is 0 Å². The number of carbonyl (C=O) groups is 3. The highest BCUT2D eigenvalue weighted by atomic mass is 16.5. The van der Waals surface area contributed by atoms with E-state index < -0.39 is 17.4 Å². The summed E-state index contributed by atoms with van der Waals surface area (Å²) in [6.45, 7) is 8.17. The topological polar surface area (TPSA) is 99.5 Å². The molecule has 40 heavy (non-hydrogen) atoms. The monoisotopic (exact) mass is 537 g/mol. The molecule has 1 heterocycles. The zero-order valence-corrected chi connectivity index (χ0v) is 23.7. The van der Waals surface area contributed by atoms with Crippen molar-refractivity contribution in [2.45, 2.75) is 58.5 Å². The molecule has 0 aromatic heterocycles. The van der Waals surface area contributed by atoms with Crippen molar-refractivity contribution in [3.05, 3.63) is 89.0 Å². The average molecular weight is 538 g/mol. The van der Waals surface area contributed by atoms with E-state index in [1.807, 2.05) is 82.3 Å². The van der Waals surface area contributed by atoms with E-state index in [1.54, 1.807) is 17.0 Å². The van der Waals surface area contributed by atoms with Crippen LogP contribution in [0.1, 0.15) is 72.4 Å². The molecule has 0 fully saturated rings. The van der Waals surface area contributed by atoms with Crippen LogP contribution in [0.4, 0.5) is 5.69 Å². The van der Waals surface area contributed by atoms with Crippen molar-refractivity contribution in [1.29, 1.82) is 5.26 Å². The molecule has 4 rings (SSSR count). The summed E-state index contributed by atoms with van der Waals surface area (Å²) in [6.07, 6.45) is 1.42. The number of hydrogen-bond donors (Lipinski definition) is 1. The standard InChI is InChI=1S/C33H35N3O4/c1-6-33(7-2,20-34)26-14-10-23(11-15-26)30(37)35-27-16-12-22(13-17-27)24-8-9-25-19-36(31(38)28(25)18-24)29(21(3)4)32(39)40-5/h8-18,21,29H,6-7,19H2,1-5H3,(H,35,37)/t29-/m0/s1. The summed E-state index contributed by atoms with van der Waals surface area (Å²) in [5, 5.41) is 12.6. The van der Waals surface area contributed by atoms with Gasteiger partial charge in [-0.15, -0.1) is 0 Å². The minimum Gasteiger partial charge on any atom is -0.467 e. The first-order valence-electron chi connectivity index (χ1n) is 13.6. The van der Waals surface area contributed by atoms with Crippen molar-refractivity contribution < 1.29 is 19.1 Å². The van der Waals surface area contributed by atoms with Gasteiger partial charge in [0.2, 0.25) is 0 Å². The number of nitriles is 1. The molecular weight excluding hydrogens is 502 g/mol. The predicted octanol–water partition coefficient (Wildman–Crippen LogP) is 6.34. The number of nitrogens with zero attached hydrogens (tertiary/aromatic N) is 2. The van der Waals surface area contributed by atoms with Crippen LogP contribution < -0.4 is 5.32 Å². The highest BCUT2D eigenvalue weighted by Gasteiger charge is 2.38. The Morgan fingerprint density at radius 3 is 2.17 bits per heavy atom. The quantitative estimate of drug-likeness (QED) is 0.321. The second-order valence-corrected chi connectivity index (χ2v) is 10.5. The van der Waals surface area contributed by atoms with Gasteiger partial charge in [0, 0.05) is 23.4 Å². The summed E-state index contributed by atoms with van der Waals surface area (Å²) >= 11 is 0. The van der Waals surface area contributed by atoms with Crippen LogP contribution in [-0.4, -0.2) is 35.8 Å². The maximum Gasteiger partial charge on any atom is 0.328 e. The van der Waals surface area contributed by atoms with Gasteiger partial charge in [-0.3, -0.25) is 9.59 Å². The highest BCUT2D eigenvalue weighted by molar-refractivity contribution is 6.04. The van der Waals surface area contributed by atoms with E-state index in [2.05, 4.69) is 11.4 Å². The van der Waals surface area contributed by atoms with Gasteiger partial charge in [0.25, 0.3) is 11.8 Å². The van der Waals surface area contributed by atoms with Gasteiger partial charge < -0.3 is 15.0 Å². The number of anilines is 1. The van der Waals surface area contributed by atoms with Crippen LogP contribution in [0.2, 0.25) is 0 Å². The molecule has 0 saturated heterocycles. The average Bonchev–Trinajstić information content (AvgIpc) is 3.29. The molecule has 0 saturated carbocycles. The third-order valence-corrected chi connectivity index (χ3v) is 7.95. The molecule has 7 nitrogen and oxygen atoms in total. The fraction of sp³-hybridized carbons (Fsp3) is 0.333. The smallest absolute Gasteiger partial charge is 0.328 e. The molecule has 1 atom stereocenters. The summed E-state index contributed by atoms with van der Waals surface area (Å²) in [6, 6.07) is 22.2. The number of amides is 2. The van der Waals surface area contributed by atoms with Gasteiger partial charge in [0.1, 0.15) is 6.04 Å². The molecule has 3 aromatic carbocycles. The van der Waals surface area contributed by atoms with Crippen LogP contribution in [0, 0.1) is 17.2 Å². The number of benzene rings is 3. The van der Waals surface area contributed by atoms with E-state index in [-0.39, 0.29) is 17.7 Å². The van der Waals surface area contributed by atoms with Crippen molar-refractivity contribution in [2.75, 3.05) is 12.4 Å². The summed E-state index contributed by atoms with van der Waals surface area (Å²) < 4.78 is 4.95. The first-order valence-corrected chi connectivity index (χ1v) is 13.6. The minimum atomic E-state index is -0.639. The fourth-order valence-electron chi connectivity index (χ4n) is 5.38. The van der Waals surface area contributed by atoms with Crippen molar-refractivity contribution >= 4 is 23.5 Å². The summed E-state index contributed by atoms with van der Waals surface area (Å²) in [5.41, 5.74) is 4.77. The number of carbonyl (C=O) groups excluding carboxylic acids is 3. The first-order chi connectivity index (χ1) is 19.2. The van der Waals surface area contributed by atoms with Crippen molar-refractivity contribution in [3.8, 4) is 17.2 Å². The van der Waals surface area contributed by atoms with Gasteiger partial charge in [-0.2, -0.15) is 5.26 Å². The van der Waals surface area contributed by atoms with E-state index in [0.717, 1.165) is 22.3 Å². The molecule has 1 aliphatic rings. The Labute approximate surface area is 235 Å². The van der Waals surface area contributed by atoms with Crippen LogP contribution >= 0.6 is 0 Å². The van der Waals surface area contributed by atoms with Crippen molar-refractivity contribution in [2.24, 2.45) is 5.92 Å². The highest BCUT2D eigenvalue weighted by Crippen LogP contribution is 2.33. The Morgan fingerprint density at radius 1 is 1.00 bits per heavy atom. The first kappa shape index (κ1) is 28.6. The molecule has 7 heteroatoms. The van der Waals surface area contributed by atoms with E-state index >= 15 is 0 Å².